The Bertz CT molecular complexity index is 953. The number of fused-ring (bicyclic) bond motifs is 1. The molecule has 0 spiro atoms. The van der Waals surface area contributed by atoms with Crippen LogP contribution in [0, 0.1) is 24.2 Å². The maximum Gasteiger partial charge on any atom is 0.234 e. The predicted octanol–water partition coefficient (Wildman–Crippen LogP) is 3.43. The van der Waals surface area contributed by atoms with Crippen LogP contribution in [0.25, 0.3) is 0 Å². The molecule has 1 aliphatic heterocycles. The monoisotopic (exact) mass is 413 g/mol. The first kappa shape index (κ1) is 21.1. The molecular formula is C27H29N2O2+. The molecule has 1 heterocycles. The van der Waals surface area contributed by atoms with Gasteiger partial charge in [0.15, 0.2) is 0 Å². The number of likely N-dealkylation sites (tertiary alicyclic amines) is 1. The van der Waals surface area contributed by atoms with Gasteiger partial charge in [0.1, 0.15) is 6.54 Å². The molecule has 0 radical (unpaired) electrons. The molecule has 4 atom stereocenters. The molecule has 2 aromatic carbocycles. The first-order valence-corrected chi connectivity index (χ1v) is 10.8. The van der Waals surface area contributed by atoms with Crippen LogP contribution in [0.3, 0.4) is 0 Å². The number of hydrogen-bond acceptors (Lipinski definition) is 2. The second-order valence-electron chi connectivity index (χ2n) is 9.16. The number of rotatable bonds is 6. The Morgan fingerprint density at radius 3 is 1.71 bits per heavy atom. The summed E-state index contributed by atoms with van der Waals surface area (Å²) in [7, 11) is 4.05. The zero-order chi connectivity index (χ0) is 22.0. The number of amides is 2. The van der Waals surface area contributed by atoms with Gasteiger partial charge in [-0.3, -0.25) is 14.5 Å². The lowest BCUT2D eigenvalue weighted by Gasteiger charge is -2.32. The van der Waals surface area contributed by atoms with Crippen LogP contribution in [0.2, 0.25) is 0 Å². The summed E-state index contributed by atoms with van der Waals surface area (Å²) >= 11 is 0. The topological polar surface area (TPSA) is 37.4 Å². The van der Waals surface area contributed by atoms with Gasteiger partial charge >= 0.3 is 0 Å². The van der Waals surface area contributed by atoms with Crippen molar-refractivity contribution in [1.82, 2.24) is 4.90 Å². The van der Waals surface area contributed by atoms with Gasteiger partial charge < -0.3 is 4.48 Å². The summed E-state index contributed by atoms with van der Waals surface area (Å²) in [6.45, 7) is 1.59. The summed E-state index contributed by atoms with van der Waals surface area (Å²) in [6.07, 6.45) is 9.74. The van der Waals surface area contributed by atoms with E-state index in [2.05, 4.69) is 18.1 Å². The second kappa shape index (κ2) is 8.53. The van der Waals surface area contributed by atoms with Gasteiger partial charge in [-0.15, -0.1) is 6.42 Å². The number of carbonyl (C=O) groups excluding carboxylic acids is 2. The zero-order valence-corrected chi connectivity index (χ0v) is 18.1. The third-order valence-electron chi connectivity index (χ3n) is 6.61. The predicted molar refractivity (Wildman–Crippen MR) is 122 cm³/mol. The van der Waals surface area contributed by atoms with E-state index in [0.717, 1.165) is 11.1 Å². The van der Waals surface area contributed by atoms with Crippen molar-refractivity contribution in [3.63, 3.8) is 0 Å². The van der Waals surface area contributed by atoms with Crippen LogP contribution in [-0.4, -0.2) is 54.9 Å². The summed E-state index contributed by atoms with van der Waals surface area (Å²) in [4.78, 5) is 28.7. The van der Waals surface area contributed by atoms with Gasteiger partial charge in [-0.2, -0.15) is 0 Å². The van der Waals surface area contributed by atoms with Crippen molar-refractivity contribution in [3.05, 3.63) is 83.9 Å². The number of allylic oxidation sites excluding steroid dienone is 2. The summed E-state index contributed by atoms with van der Waals surface area (Å²) in [5.74, 6) is 1.61. The highest BCUT2D eigenvalue weighted by atomic mass is 16.2. The van der Waals surface area contributed by atoms with Gasteiger partial charge in [-0.1, -0.05) is 72.8 Å². The lowest BCUT2D eigenvalue weighted by Crippen LogP contribution is -2.47. The Kier molecular flexibility index (Phi) is 5.80. The van der Waals surface area contributed by atoms with Crippen LogP contribution in [-0.2, 0) is 9.59 Å². The van der Waals surface area contributed by atoms with Crippen LogP contribution in [0.1, 0.15) is 23.0 Å². The summed E-state index contributed by atoms with van der Waals surface area (Å²) < 4.78 is 0.575. The molecule has 2 aliphatic rings. The van der Waals surface area contributed by atoms with E-state index in [1.807, 2.05) is 74.8 Å². The van der Waals surface area contributed by atoms with Crippen LogP contribution in [0.4, 0.5) is 0 Å². The minimum absolute atomic E-state index is 0.0603. The highest BCUT2D eigenvalue weighted by Gasteiger charge is 2.55. The van der Waals surface area contributed by atoms with E-state index in [-0.39, 0.29) is 35.5 Å². The lowest BCUT2D eigenvalue weighted by molar-refractivity contribution is -0.882. The Balaban J connectivity index is 1.69. The van der Waals surface area contributed by atoms with E-state index in [1.54, 1.807) is 0 Å². The molecule has 0 unspecified atom stereocenters. The van der Waals surface area contributed by atoms with Gasteiger partial charge in [-0.25, -0.2) is 0 Å². The molecule has 4 heteroatoms. The van der Waals surface area contributed by atoms with Gasteiger partial charge in [0.05, 0.1) is 39.0 Å². The molecule has 0 saturated carbocycles. The Morgan fingerprint density at radius 2 is 1.29 bits per heavy atom. The number of quaternary nitrogens is 1. The molecule has 2 amide bonds. The Morgan fingerprint density at radius 1 is 0.839 bits per heavy atom. The number of nitrogens with zero attached hydrogens (tertiary/aromatic N) is 2. The molecule has 1 aliphatic carbocycles. The van der Waals surface area contributed by atoms with Crippen LogP contribution < -0.4 is 0 Å². The molecule has 2 aromatic rings. The van der Waals surface area contributed by atoms with Crippen molar-refractivity contribution in [3.8, 4) is 12.3 Å². The first-order valence-electron chi connectivity index (χ1n) is 10.8. The van der Waals surface area contributed by atoms with Crippen molar-refractivity contribution < 1.29 is 14.1 Å². The molecule has 0 N–H and O–H groups in total. The average molecular weight is 414 g/mol. The van der Waals surface area contributed by atoms with Crippen LogP contribution in [0.5, 0.6) is 0 Å². The summed E-state index contributed by atoms with van der Waals surface area (Å²) in [5, 5.41) is 0. The SMILES string of the molecule is C#CC[N+](C)(C)CCN1C(=O)[C@H]2[C@H](C1=O)[C@H](c1ccccc1)C=C[C@@H]2c1ccccc1. The minimum atomic E-state index is -0.381. The summed E-state index contributed by atoms with van der Waals surface area (Å²) in [5.41, 5.74) is 2.15. The second-order valence-corrected chi connectivity index (χ2v) is 9.16. The number of imide groups is 1. The maximum absolute atomic E-state index is 13.6. The maximum atomic E-state index is 13.6. The van der Waals surface area contributed by atoms with Gasteiger partial charge in [0.2, 0.25) is 11.8 Å². The molecule has 158 valence electrons. The standard InChI is InChI=1S/C27H29N2O2/c1-4-18-29(2,3)19-17-28-26(30)24-22(20-11-7-5-8-12-20)15-16-23(25(24)27(28)31)21-13-9-6-10-14-21/h1,5-16,22-25H,17-19H2,2-3H3/q+1/t22-,23+,24-,25-/m1/s1. The average Bonchev–Trinajstić information content (AvgIpc) is 3.03. The van der Waals surface area contributed by atoms with Crippen molar-refractivity contribution in [2.75, 3.05) is 33.7 Å². The molecule has 0 bridgehead atoms. The molecule has 4 nitrogen and oxygen atoms in total. The summed E-state index contributed by atoms with van der Waals surface area (Å²) in [6, 6.07) is 20.1. The highest BCUT2D eigenvalue weighted by molar-refractivity contribution is 6.06. The van der Waals surface area contributed by atoms with Gasteiger partial charge in [-0.05, 0) is 17.0 Å². The number of hydrogen-bond donors (Lipinski definition) is 0. The third kappa shape index (κ3) is 4.06. The molecule has 1 saturated heterocycles. The van der Waals surface area contributed by atoms with Crippen LogP contribution >= 0.6 is 0 Å². The third-order valence-corrected chi connectivity index (χ3v) is 6.61. The number of likely N-dealkylation sites (N-methyl/N-ethyl adjacent to an activating group) is 1. The fraction of sp³-hybridized carbons (Fsp3) is 0.333. The van der Waals surface area contributed by atoms with Crippen LogP contribution in [0.15, 0.2) is 72.8 Å². The molecular weight excluding hydrogens is 384 g/mol. The quantitative estimate of drug-likeness (QED) is 0.315. The van der Waals surface area contributed by atoms with E-state index >= 15 is 0 Å². The lowest BCUT2D eigenvalue weighted by atomic mass is 9.68. The fourth-order valence-electron chi connectivity index (χ4n) is 4.91. The minimum Gasteiger partial charge on any atom is -0.317 e. The highest BCUT2D eigenvalue weighted by Crippen LogP contribution is 2.49. The van der Waals surface area contributed by atoms with Crippen molar-refractivity contribution in [1.29, 1.82) is 0 Å². The smallest absolute Gasteiger partial charge is 0.234 e. The van der Waals surface area contributed by atoms with E-state index in [1.165, 1.54) is 4.90 Å². The van der Waals surface area contributed by atoms with Crippen molar-refractivity contribution in [2.45, 2.75) is 11.8 Å². The number of benzene rings is 2. The molecule has 1 fully saturated rings. The normalized spacial score (nSPS) is 25.4. The molecule has 0 aromatic heterocycles. The Hall–Kier alpha value is -3.16. The fourth-order valence-corrected chi connectivity index (χ4v) is 4.91. The van der Waals surface area contributed by atoms with Gasteiger partial charge in [0, 0.05) is 11.8 Å². The number of terminal acetylenes is 1. The van der Waals surface area contributed by atoms with E-state index in [0.29, 0.717) is 24.1 Å². The largest absolute Gasteiger partial charge is 0.317 e. The molecule has 4 rings (SSSR count). The van der Waals surface area contributed by atoms with E-state index in [9.17, 15) is 9.59 Å². The zero-order valence-electron chi connectivity index (χ0n) is 18.1. The van der Waals surface area contributed by atoms with Crippen molar-refractivity contribution in [2.24, 2.45) is 11.8 Å². The van der Waals surface area contributed by atoms with Gasteiger partial charge in [0.25, 0.3) is 0 Å². The van der Waals surface area contributed by atoms with Crippen molar-refractivity contribution >= 4 is 11.8 Å². The van der Waals surface area contributed by atoms with E-state index < -0.39 is 0 Å². The molecule has 31 heavy (non-hydrogen) atoms. The van der Waals surface area contributed by atoms with E-state index in [4.69, 9.17) is 6.42 Å². The number of carbonyl (C=O) groups is 2. The first-order chi connectivity index (χ1) is 14.9. The Labute approximate surface area is 184 Å².